The van der Waals surface area contributed by atoms with Gasteiger partial charge in [-0.1, -0.05) is 116 Å². The molecule has 9 aromatic rings. The van der Waals surface area contributed by atoms with Crippen LogP contribution in [0, 0.1) is 11.3 Å². The van der Waals surface area contributed by atoms with Crippen LogP contribution in [0.25, 0.3) is 77.2 Å². The summed E-state index contributed by atoms with van der Waals surface area (Å²) in [6.07, 6.45) is 3.28. The van der Waals surface area contributed by atoms with Crippen LogP contribution in [-0.4, -0.2) is 9.13 Å². The van der Waals surface area contributed by atoms with Gasteiger partial charge < -0.3 is 9.13 Å². The highest BCUT2D eigenvalue weighted by Gasteiger charge is 2.15. The van der Waals surface area contributed by atoms with E-state index in [0.717, 1.165) is 16.7 Å². The molecule has 7 aromatic carbocycles. The normalized spacial score (nSPS) is 10.9. The van der Waals surface area contributed by atoms with Gasteiger partial charge in [-0.2, -0.15) is 5.26 Å². The second kappa shape index (κ2) is 13.0. The molecule has 0 aliphatic rings. The van der Waals surface area contributed by atoms with E-state index in [9.17, 15) is 5.26 Å². The van der Waals surface area contributed by atoms with Gasteiger partial charge in [0.1, 0.15) is 0 Å². The first-order valence-electron chi connectivity index (χ1n) is 16.6. The van der Waals surface area contributed by atoms with Crippen molar-refractivity contribution in [3.8, 4) is 39.7 Å². The molecule has 236 valence electrons. The summed E-state index contributed by atoms with van der Waals surface area (Å²) >= 11 is 0. The van der Waals surface area contributed by atoms with Crippen molar-refractivity contribution in [3.63, 3.8) is 0 Å². The van der Waals surface area contributed by atoms with E-state index >= 15 is 0 Å². The minimum absolute atomic E-state index is 0.661. The van der Waals surface area contributed by atoms with Crippen molar-refractivity contribution in [2.45, 2.75) is 0 Å². The Morgan fingerprint density at radius 3 is 1.26 bits per heavy atom. The Hall–Kier alpha value is -6.89. The van der Waals surface area contributed by atoms with Gasteiger partial charge in [0.05, 0.1) is 33.7 Å². The molecule has 0 aliphatic carbocycles. The van der Waals surface area contributed by atoms with E-state index in [4.69, 9.17) is 0 Å². The Kier molecular flexibility index (Phi) is 7.89. The molecule has 0 spiro atoms. The summed E-state index contributed by atoms with van der Waals surface area (Å²) in [6.45, 7) is 6.72. The highest BCUT2D eigenvalue weighted by Crippen LogP contribution is 2.37. The maximum atomic E-state index is 9.29. The number of rotatable bonds is 5. The third kappa shape index (κ3) is 5.26. The zero-order chi connectivity index (χ0) is 34.0. The average Bonchev–Trinajstić information content (AvgIpc) is 3.70. The quantitative estimate of drug-likeness (QED) is 0.173. The van der Waals surface area contributed by atoms with Crippen LogP contribution in [-0.2, 0) is 0 Å². The topological polar surface area (TPSA) is 33.6 Å². The number of hydrogen-bond donors (Lipinski definition) is 0. The summed E-state index contributed by atoms with van der Waals surface area (Å²) in [5.74, 6) is 0. The average molecular weight is 640 g/mol. The van der Waals surface area contributed by atoms with Crippen LogP contribution >= 0.6 is 0 Å². The summed E-state index contributed by atoms with van der Waals surface area (Å²) < 4.78 is 4.63. The molecule has 0 fully saturated rings. The van der Waals surface area contributed by atoms with E-state index in [-0.39, 0.29) is 0 Å². The fourth-order valence-electron chi connectivity index (χ4n) is 6.98. The zero-order valence-electron chi connectivity index (χ0n) is 27.5. The molecular formula is C47H33N3. The lowest BCUT2D eigenvalue weighted by Gasteiger charge is -2.09. The summed E-state index contributed by atoms with van der Waals surface area (Å²) in [7, 11) is 0. The van der Waals surface area contributed by atoms with Crippen LogP contribution in [0.2, 0.25) is 0 Å². The van der Waals surface area contributed by atoms with Crippen LogP contribution in [0.3, 0.4) is 0 Å². The minimum Gasteiger partial charge on any atom is -0.309 e. The predicted octanol–water partition coefficient (Wildman–Crippen LogP) is 12.4. The van der Waals surface area contributed by atoms with Crippen LogP contribution in [0.15, 0.2) is 189 Å². The summed E-state index contributed by atoms with van der Waals surface area (Å²) in [4.78, 5) is 0. The van der Waals surface area contributed by atoms with Gasteiger partial charge in [0, 0.05) is 32.9 Å². The van der Waals surface area contributed by atoms with Gasteiger partial charge in [0.25, 0.3) is 0 Å². The number of aromatic nitrogens is 2. The first kappa shape index (κ1) is 30.4. The number of nitriles is 1. The molecule has 0 radical (unpaired) electrons. The molecule has 0 unspecified atom stereocenters. The molecule has 0 saturated carbocycles. The van der Waals surface area contributed by atoms with Gasteiger partial charge >= 0.3 is 0 Å². The van der Waals surface area contributed by atoms with Gasteiger partial charge in [0.2, 0.25) is 0 Å². The van der Waals surface area contributed by atoms with E-state index < -0.39 is 0 Å². The molecule has 3 heteroatoms. The maximum absolute atomic E-state index is 9.29. The lowest BCUT2D eigenvalue weighted by Crippen LogP contribution is -1.93. The maximum Gasteiger partial charge on any atom is 0.0991 e. The monoisotopic (exact) mass is 639 g/mol. The molecule has 0 aliphatic heterocycles. The molecule has 0 bridgehead atoms. The Labute approximate surface area is 291 Å². The van der Waals surface area contributed by atoms with Crippen LogP contribution in [0.1, 0.15) is 5.56 Å². The van der Waals surface area contributed by atoms with Gasteiger partial charge in [-0.05, 0) is 95.1 Å². The summed E-state index contributed by atoms with van der Waals surface area (Å²) in [5.41, 5.74) is 12.4. The Balaban J connectivity index is 0.000000859. The van der Waals surface area contributed by atoms with E-state index in [1.54, 1.807) is 12.2 Å². The molecule has 0 N–H and O–H groups in total. The SMILES string of the molecule is C=CC=C.N#Cc1ccc(-n2c3ccccc3c3cc(-c4ccc(-c5ccc6c(c5)c5ccccc5n6-c5ccccc5)cc4)ccc32)cc1. The van der Waals surface area contributed by atoms with Crippen LogP contribution in [0.5, 0.6) is 0 Å². The number of benzene rings is 7. The van der Waals surface area contributed by atoms with Gasteiger partial charge in [0.15, 0.2) is 0 Å². The lowest BCUT2D eigenvalue weighted by molar-refractivity contribution is 1.18. The highest BCUT2D eigenvalue weighted by atomic mass is 15.0. The van der Waals surface area contributed by atoms with Gasteiger partial charge in [-0.15, -0.1) is 0 Å². The first-order valence-corrected chi connectivity index (χ1v) is 16.6. The highest BCUT2D eigenvalue weighted by molar-refractivity contribution is 6.11. The number of fused-ring (bicyclic) bond motifs is 6. The molecule has 0 saturated heterocycles. The number of allylic oxidation sites excluding steroid dienone is 2. The minimum atomic E-state index is 0.661. The van der Waals surface area contributed by atoms with Gasteiger partial charge in [-0.3, -0.25) is 0 Å². The third-order valence-electron chi connectivity index (χ3n) is 9.33. The molecule has 2 heterocycles. The first-order chi connectivity index (χ1) is 24.7. The Bertz CT molecular complexity index is 2710. The largest absolute Gasteiger partial charge is 0.309 e. The fourth-order valence-corrected chi connectivity index (χ4v) is 6.98. The van der Waals surface area contributed by atoms with Crippen molar-refractivity contribution in [1.82, 2.24) is 9.13 Å². The van der Waals surface area contributed by atoms with Crippen molar-refractivity contribution >= 4 is 43.6 Å². The third-order valence-corrected chi connectivity index (χ3v) is 9.33. The van der Waals surface area contributed by atoms with Crippen LogP contribution < -0.4 is 0 Å². The molecule has 0 atom stereocenters. The Morgan fingerprint density at radius 1 is 0.400 bits per heavy atom. The molecular weight excluding hydrogens is 607 g/mol. The fraction of sp³-hybridized carbons (Fsp3) is 0. The smallest absolute Gasteiger partial charge is 0.0991 e. The number of para-hydroxylation sites is 3. The van der Waals surface area contributed by atoms with Crippen molar-refractivity contribution in [2.75, 3.05) is 0 Å². The molecule has 0 amide bonds. The molecule has 3 nitrogen and oxygen atoms in total. The molecule has 9 rings (SSSR count). The van der Waals surface area contributed by atoms with Crippen molar-refractivity contribution in [1.29, 1.82) is 5.26 Å². The van der Waals surface area contributed by atoms with E-state index in [2.05, 4.69) is 168 Å². The van der Waals surface area contributed by atoms with Crippen LogP contribution in [0.4, 0.5) is 0 Å². The molecule has 50 heavy (non-hydrogen) atoms. The Morgan fingerprint density at radius 2 is 0.800 bits per heavy atom. The number of hydrogen-bond acceptors (Lipinski definition) is 1. The number of nitrogens with zero attached hydrogens (tertiary/aromatic N) is 3. The molecule has 2 aromatic heterocycles. The van der Waals surface area contributed by atoms with E-state index in [0.29, 0.717) is 5.56 Å². The van der Waals surface area contributed by atoms with Crippen molar-refractivity contribution in [2.24, 2.45) is 0 Å². The van der Waals surface area contributed by atoms with Crippen molar-refractivity contribution in [3.05, 3.63) is 195 Å². The van der Waals surface area contributed by atoms with E-state index in [1.165, 1.54) is 60.5 Å². The summed E-state index contributed by atoms with van der Waals surface area (Å²) in [6, 6.07) is 60.3. The predicted molar refractivity (Wildman–Crippen MR) is 211 cm³/mol. The second-order valence-electron chi connectivity index (χ2n) is 12.2. The second-order valence-corrected chi connectivity index (χ2v) is 12.2. The summed E-state index contributed by atoms with van der Waals surface area (Å²) in [5, 5.41) is 14.2. The van der Waals surface area contributed by atoms with E-state index in [1.807, 2.05) is 24.3 Å². The van der Waals surface area contributed by atoms with Crippen molar-refractivity contribution < 1.29 is 0 Å². The lowest BCUT2D eigenvalue weighted by atomic mass is 9.98. The zero-order valence-corrected chi connectivity index (χ0v) is 27.5. The standard InChI is InChI=1S/C43H27N3.C4H6/c44-28-29-14-22-35(23-15-29)46-41-13-7-5-11-37(41)39-27-33(21-25-43(39)46)31-18-16-30(17-19-31)32-20-24-42-38(26-32)36-10-4-6-12-40(36)45(42)34-8-2-1-3-9-34;1-3-4-2/h1-27H;3-4H,1-2H2. The van der Waals surface area contributed by atoms with Gasteiger partial charge in [-0.25, -0.2) is 0 Å².